The molecular formula is C20H30O2Si. The molecule has 23 heavy (non-hydrogen) atoms. The number of fused-ring (bicyclic) bond motifs is 1. The lowest BCUT2D eigenvalue weighted by Crippen LogP contribution is -2.38. The summed E-state index contributed by atoms with van der Waals surface area (Å²) in [6.45, 7) is 6.09. The van der Waals surface area contributed by atoms with Gasteiger partial charge in [0.2, 0.25) is 0 Å². The van der Waals surface area contributed by atoms with Gasteiger partial charge in [-0.1, -0.05) is 82.0 Å². The third-order valence-electron chi connectivity index (χ3n) is 4.11. The number of rotatable bonds is 11. The van der Waals surface area contributed by atoms with Gasteiger partial charge in [0.05, 0.1) is 0 Å². The predicted molar refractivity (Wildman–Crippen MR) is 102 cm³/mol. The van der Waals surface area contributed by atoms with Crippen molar-refractivity contribution in [1.82, 2.24) is 0 Å². The van der Waals surface area contributed by atoms with Crippen LogP contribution in [0.15, 0.2) is 42.5 Å². The molecule has 0 atom stereocenters. The monoisotopic (exact) mass is 330 g/mol. The first-order valence-electron chi connectivity index (χ1n) is 9.07. The van der Waals surface area contributed by atoms with Crippen molar-refractivity contribution >= 4 is 25.2 Å². The summed E-state index contributed by atoms with van der Waals surface area (Å²) in [7, 11) is -1.83. The molecule has 0 aromatic heterocycles. The molecule has 0 saturated heterocycles. The smallest absolute Gasteiger partial charge is 0.356 e. The van der Waals surface area contributed by atoms with Crippen molar-refractivity contribution < 1.29 is 8.85 Å². The van der Waals surface area contributed by atoms with Crippen LogP contribution in [0.4, 0.5) is 0 Å². The fourth-order valence-corrected chi connectivity index (χ4v) is 4.77. The zero-order chi connectivity index (χ0) is 16.3. The van der Waals surface area contributed by atoms with E-state index in [9.17, 15) is 0 Å². The molecule has 3 heteroatoms. The van der Waals surface area contributed by atoms with Crippen molar-refractivity contribution in [2.24, 2.45) is 0 Å². The van der Waals surface area contributed by atoms with Crippen molar-refractivity contribution in [2.75, 3.05) is 13.2 Å². The highest BCUT2D eigenvalue weighted by Crippen LogP contribution is 2.13. The van der Waals surface area contributed by atoms with E-state index in [0.29, 0.717) is 0 Å². The summed E-state index contributed by atoms with van der Waals surface area (Å²) in [4.78, 5) is 0. The maximum atomic E-state index is 6.24. The van der Waals surface area contributed by atoms with Crippen molar-refractivity contribution in [3.63, 3.8) is 0 Å². The Hall–Kier alpha value is -1.16. The Morgan fingerprint density at radius 2 is 1.35 bits per heavy atom. The first-order chi connectivity index (χ1) is 11.4. The van der Waals surface area contributed by atoms with E-state index < -0.39 is 9.28 Å². The fourth-order valence-electron chi connectivity index (χ4n) is 2.77. The average Bonchev–Trinajstić information content (AvgIpc) is 2.60. The van der Waals surface area contributed by atoms with Crippen molar-refractivity contribution in [3.8, 4) is 0 Å². The molecule has 2 aromatic rings. The highest BCUT2D eigenvalue weighted by molar-refractivity contribution is 6.64. The Kier molecular flexibility index (Phi) is 8.36. The Morgan fingerprint density at radius 3 is 2.00 bits per heavy atom. The van der Waals surface area contributed by atoms with Gasteiger partial charge >= 0.3 is 9.28 Å². The molecule has 0 bridgehead atoms. The molecule has 2 nitrogen and oxygen atoms in total. The minimum absolute atomic E-state index is 0.821. The van der Waals surface area contributed by atoms with Crippen molar-refractivity contribution in [1.29, 1.82) is 0 Å². The highest BCUT2D eigenvalue weighted by Gasteiger charge is 2.19. The van der Waals surface area contributed by atoms with Gasteiger partial charge in [-0.05, 0) is 28.8 Å². The summed E-state index contributed by atoms with van der Waals surface area (Å²) < 4.78 is 12.5. The Balaban J connectivity index is 2.09. The number of hydrogen-bond acceptors (Lipinski definition) is 2. The van der Waals surface area contributed by atoms with Crippen LogP contribution < -0.4 is 5.19 Å². The van der Waals surface area contributed by atoms with Gasteiger partial charge in [0.1, 0.15) is 0 Å². The van der Waals surface area contributed by atoms with Gasteiger partial charge in [-0.3, -0.25) is 0 Å². The van der Waals surface area contributed by atoms with E-state index in [1.807, 2.05) is 0 Å². The first-order valence-corrected chi connectivity index (χ1v) is 10.6. The van der Waals surface area contributed by atoms with Crippen LogP contribution >= 0.6 is 0 Å². The largest absolute Gasteiger partial charge is 0.393 e. The van der Waals surface area contributed by atoms with Crippen LogP contribution in [0.1, 0.15) is 52.4 Å². The normalized spacial score (nSPS) is 11.4. The topological polar surface area (TPSA) is 18.5 Å². The van der Waals surface area contributed by atoms with E-state index in [4.69, 9.17) is 8.85 Å². The molecular weight excluding hydrogens is 300 g/mol. The molecule has 0 unspecified atom stereocenters. The quantitative estimate of drug-likeness (QED) is 0.440. The third-order valence-corrected chi connectivity index (χ3v) is 6.20. The summed E-state index contributed by atoms with van der Waals surface area (Å²) in [6, 6.07) is 15.0. The average molecular weight is 331 g/mol. The van der Waals surface area contributed by atoms with Crippen molar-refractivity contribution in [3.05, 3.63) is 42.5 Å². The number of hydrogen-bond donors (Lipinski definition) is 0. The van der Waals surface area contributed by atoms with Crippen LogP contribution in [0.5, 0.6) is 0 Å². The summed E-state index contributed by atoms with van der Waals surface area (Å²) >= 11 is 0. The minimum atomic E-state index is -1.83. The molecule has 0 N–H and O–H groups in total. The Bertz CT molecular complexity index is 553. The van der Waals surface area contributed by atoms with Crippen LogP contribution in [0.25, 0.3) is 10.8 Å². The van der Waals surface area contributed by atoms with Crippen LogP contribution in [0.2, 0.25) is 0 Å². The molecule has 2 aromatic carbocycles. The summed E-state index contributed by atoms with van der Waals surface area (Å²) in [5.74, 6) is 0. The van der Waals surface area contributed by atoms with Crippen molar-refractivity contribution in [2.45, 2.75) is 52.4 Å². The van der Waals surface area contributed by atoms with Crippen LogP contribution in [0.3, 0.4) is 0 Å². The molecule has 0 saturated carbocycles. The zero-order valence-electron chi connectivity index (χ0n) is 14.6. The first kappa shape index (κ1) is 18.2. The SMILES string of the molecule is CCCCCO[SiH](OCCCCC)c1cccc2ccccc12. The second-order valence-electron chi connectivity index (χ2n) is 6.06. The molecule has 0 spiro atoms. The van der Waals surface area contributed by atoms with Crippen LogP contribution in [-0.2, 0) is 8.85 Å². The fraction of sp³-hybridized carbons (Fsp3) is 0.500. The third kappa shape index (κ3) is 5.76. The highest BCUT2D eigenvalue weighted by atomic mass is 28.3. The second kappa shape index (κ2) is 10.6. The van der Waals surface area contributed by atoms with Gasteiger partial charge in [0.15, 0.2) is 0 Å². The maximum Gasteiger partial charge on any atom is 0.356 e. The molecule has 0 aliphatic carbocycles. The van der Waals surface area contributed by atoms with E-state index in [1.165, 1.54) is 41.6 Å². The van der Waals surface area contributed by atoms with Crippen LogP contribution in [-0.4, -0.2) is 22.5 Å². The van der Waals surface area contributed by atoms with E-state index >= 15 is 0 Å². The minimum Gasteiger partial charge on any atom is -0.393 e. The molecule has 0 aliphatic rings. The van der Waals surface area contributed by atoms with Gasteiger partial charge in [-0.15, -0.1) is 0 Å². The molecule has 0 fully saturated rings. The standard InChI is InChI=1S/C20H30O2Si/c1-3-5-9-16-21-23(22-17-10-6-4-2)20-15-11-13-18-12-7-8-14-19(18)20/h7-8,11-15,23H,3-6,9-10,16-17H2,1-2H3. The number of benzene rings is 2. The lowest BCUT2D eigenvalue weighted by Gasteiger charge is -2.19. The lowest BCUT2D eigenvalue weighted by molar-refractivity contribution is 0.200. The molecule has 0 heterocycles. The second-order valence-corrected chi connectivity index (χ2v) is 8.01. The Labute approximate surface area is 142 Å². The number of unbranched alkanes of at least 4 members (excludes halogenated alkanes) is 4. The zero-order valence-corrected chi connectivity index (χ0v) is 15.7. The Morgan fingerprint density at radius 1 is 0.739 bits per heavy atom. The summed E-state index contributed by atoms with van der Waals surface area (Å²) in [5, 5.41) is 3.85. The van der Waals surface area contributed by atoms with E-state index in [1.54, 1.807) is 0 Å². The van der Waals surface area contributed by atoms with Gasteiger partial charge in [-0.25, -0.2) is 0 Å². The van der Waals surface area contributed by atoms with Gasteiger partial charge < -0.3 is 8.85 Å². The predicted octanol–water partition coefficient (Wildman–Crippen LogP) is 4.68. The summed E-state index contributed by atoms with van der Waals surface area (Å²) in [6.07, 6.45) is 7.16. The molecule has 0 radical (unpaired) electrons. The lowest BCUT2D eigenvalue weighted by atomic mass is 10.1. The molecule has 2 rings (SSSR count). The van der Waals surface area contributed by atoms with E-state index in [-0.39, 0.29) is 0 Å². The van der Waals surface area contributed by atoms with Gasteiger partial charge in [0, 0.05) is 13.2 Å². The van der Waals surface area contributed by atoms with E-state index in [2.05, 4.69) is 56.3 Å². The summed E-state index contributed by atoms with van der Waals surface area (Å²) in [5.41, 5.74) is 0. The van der Waals surface area contributed by atoms with Gasteiger partial charge in [-0.2, -0.15) is 0 Å². The van der Waals surface area contributed by atoms with E-state index in [0.717, 1.165) is 26.1 Å². The van der Waals surface area contributed by atoms with Crippen LogP contribution in [0, 0.1) is 0 Å². The molecule has 126 valence electrons. The molecule has 0 aliphatic heterocycles. The maximum absolute atomic E-state index is 6.24. The van der Waals surface area contributed by atoms with Gasteiger partial charge in [0.25, 0.3) is 0 Å². The molecule has 0 amide bonds.